The quantitative estimate of drug-likeness (QED) is 0.928. The maximum Gasteiger partial charge on any atom is 0.137 e. The van der Waals surface area contributed by atoms with Crippen LogP contribution in [0.3, 0.4) is 0 Å². The number of hydrogen-bond donors (Lipinski definition) is 1. The van der Waals surface area contributed by atoms with Gasteiger partial charge in [-0.3, -0.25) is 0 Å². The van der Waals surface area contributed by atoms with Gasteiger partial charge in [-0.25, -0.2) is 13.2 Å². The third-order valence-electron chi connectivity index (χ3n) is 3.03. The molecule has 106 valence electrons. The lowest BCUT2D eigenvalue weighted by molar-refractivity contribution is 0.407. The van der Waals surface area contributed by atoms with E-state index in [0.29, 0.717) is 5.56 Å². The first kappa shape index (κ1) is 14.4. The van der Waals surface area contributed by atoms with Crippen molar-refractivity contribution in [3.8, 4) is 16.9 Å². The SMILES string of the molecule is COc1cc(F)c(-c2cc(F)ccc2C(C)N)c(F)c1. The van der Waals surface area contributed by atoms with E-state index in [2.05, 4.69) is 0 Å². The third-order valence-corrected chi connectivity index (χ3v) is 3.03. The standard InChI is InChI=1S/C15H14F3NO/c1-8(19)11-4-3-9(16)5-12(11)15-13(17)6-10(20-2)7-14(15)18/h3-8H,19H2,1-2H3. The molecule has 0 spiro atoms. The van der Waals surface area contributed by atoms with E-state index < -0.39 is 23.5 Å². The molecule has 1 unspecified atom stereocenters. The molecular formula is C15H14F3NO. The van der Waals surface area contributed by atoms with Gasteiger partial charge < -0.3 is 10.5 Å². The molecule has 2 N–H and O–H groups in total. The van der Waals surface area contributed by atoms with Crippen LogP contribution in [0.1, 0.15) is 18.5 Å². The number of ether oxygens (including phenoxy) is 1. The third kappa shape index (κ3) is 2.63. The highest BCUT2D eigenvalue weighted by molar-refractivity contribution is 5.70. The summed E-state index contributed by atoms with van der Waals surface area (Å²) in [5, 5.41) is 0. The summed E-state index contributed by atoms with van der Waals surface area (Å²) in [5.74, 6) is -2.18. The van der Waals surface area contributed by atoms with Gasteiger partial charge in [0.2, 0.25) is 0 Å². The summed E-state index contributed by atoms with van der Waals surface area (Å²) in [4.78, 5) is 0. The molecule has 0 radical (unpaired) electrons. The first-order chi connectivity index (χ1) is 9.43. The average Bonchev–Trinajstić information content (AvgIpc) is 2.37. The summed E-state index contributed by atoms with van der Waals surface area (Å²) in [7, 11) is 1.31. The smallest absolute Gasteiger partial charge is 0.137 e. The summed E-state index contributed by atoms with van der Waals surface area (Å²) in [5.41, 5.74) is 6.03. The highest BCUT2D eigenvalue weighted by Gasteiger charge is 2.19. The molecule has 0 saturated heterocycles. The van der Waals surface area contributed by atoms with Crippen LogP contribution in [0.15, 0.2) is 30.3 Å². The number of benzene rings is 2. The Labute approximate surface area is 115 Å². The second kappa shape index (κ2) is 5.54. The molecule has 5 heteroatoms. The van der Waals surface area contributed by atoms with Gasteiger partial charge in [-0.1, -0.05) is 6.07 Å². The van der Waals surface area contributed by atoms with Gasteiger partial charge in [0.25, 0.3) is 0 Å². The molecule has 0 aliphatic heterocycles. The van der Waals surface area contributed by atoms with Crippen molar-refractivity contribution >= 4 is 0 Å². The molecule has 0 fully saturated rings. The molecule has 0 aromatic heterocycles. The van der Waals surface area contributed by atoms with Crippen LogP contribution in [0.5, 0.6) is 5.75 Å². The molecule has 2 nitrogen and oxygen atoms in total. The first-order valence-corrected chi connectivity index (χ1v) is 6.02. The van der Waals surface area contributed by atoms with Crippen LogP contribution in [-0.2, 0) is 0 Å². The molecule has 0 saturated carbocycles. The molecule has 0 amide bonds. The summed E-state index contributed by atoms with van der Waals surface area (Å²) >= 11 is 0. The van der Waals surface area contributed by atoms with Crippen molar-refractivity contribution in [1.82, 2.24) is 0 Å². The van der Waals surface area contributed by atoms with Crippen molar-refractivity contribution in [3.63, 3.8) is 0 Å². The summed E-state index contributed by atoms with van der Waals surface area (Å²) in [6.45, 7) is 1.66. The van der Waals surface area contributed by atoms with Gasteiger partial charge in [-0.15, -0.1) is 0 Å². The van der Waals surface area contributed by atoms with Crippen molar-refractivity contribution < 1.29 is 17.9 Å². The number of methoxy groups -OCH3 is 1. The lowest BCUT2D eigenvalue weighted by Crippen LogP contribution is -2.08. The monoisotopic (exact) mass is 281 g/mol. The number of rotatable bonds is 3. The lowest BCUT2D eigenvalue weighted by Gasteiger charge is -2.15. The van der Waals surface area contributed by atoms with Crippen molar-refractivity contribution in [1.29, 1.82) is 0 Å². The van der Waals surface area contributed by atoms with E-state index in [-0.39, 0.29) is 16.9 Å². The van der Waals surface area contributed by atoms with Crippen molar-refractivity contribution in [2.75, 3.05) is 7.11 Å². The highest BCUT2D eigenvalue weighted by Crippen LogP contribution is 2.34. The van der Waals surface area contributed by atoms with E-state index in [1.54, 1.807) is 6.92 Å². The van der Waals surface area contributed by atoms with Crippen molar-refractivity contribution in [2.24, 2.45) is 5.73 Å². The van der Waals surface area contributed by atoms with Crippen LogP contribution in [0, 0.1) is 17.5 Å². The second-order valence-electron chi connectivity index (χ2n) is 4.49. The Morgan fingerprint density at radius 3 is 2.15 bits per heavy atom. The summed E-state index contributed by atoms with van der Waals surface area (Å²) in [6, 6.07) is 5.33. The van der Waals surface area contributed by atoms with E-state index in [9.17, 15) is 13.2 Å². The maximum atomic E-state index is 14.1. The first-order valence-electron chi connectivity index (χ1n) is 6.02. The van der Waals surface area contributed by atoms with E-state index in [0.717, 1.165) is 18.2 Å². The summed E-state index contributed by atoms with van der Waals surface area (Å²) < 4.78 is 46.3. The van der Waals surface area contributed by atoms with Crippen LogP contribution in [0.2, 0.25) is 0 Å². The Morgan fingerprint density at radius 2 is 1.65 bits per heavy atom. The molecule has 0 bridgehead atoms. The average molecular weight is 281 g/mol. The zero-order valence-electron chi connectivity index (χ0n) is 11.1. The molecule has 20 heavy (non-hydrogen) atoms. The lowest BCUT2D eigenvalue weighted by atomic mass is 9.95. The molecule has 2 aromatic rings. The Balaban J connectivity index is 2.71. The van der Waals surface area contributed by atoms with Gasteiger partial charge >= 0.3 is 0 Å². The molecule has 0 aliphatic carbocycles. The minimum Gasteiger partial charge on any atom is -0.497 e. The Bertz CT molecular complexity index is 618. The Kier molecular flexibility index (Phi) is 3.99. The fraction of sp³-hybridized carbons (Fsp3) is 0.200. The zero-order valence-corrected chi connectivity index (χ0v) is 11.1. The fourth-order valence-corrected chi connectivity index (χ4v) is 2.07. The predicted octanol–water partition coefficient (Wildman–Crippen LogP) is 3.80. The largest absolute Gasteiger partial charge is 0.497 e. The number of hydrogen-bond acceptors (Lipinski definition) is 2. The Hall–Kier alpha value is -2.01. The van der Waals surface area contributed by atoms with Crippen LogP contribution < -0.4 is 10.5 Å². The topological polar surface area (TPSA) is 35.2 Å². The molecule has 0 heterocycles. The Morgan fingerprint density at radius 1 is 1.05 bits per heavy atom. The zero-order chi connectivity index (χ0) is 14.9. The maximum absolute atomic E-state index is 14.1. The van der Waals surface area contributed by atoms with Gasteiger partial charge in [0.15, 0.2) is 0 Å². The van der Waals surface area contributed by atoms with Crippen LogP contribution in [-0.4, -0.2) is 7.11 Å². The summed E-state index contributed by atoms with van der Waals surface area (Å²) in [6.07, 6.45) is 0. The van der Waals surface area contributed by atoms with E-state index in [4.69, 9.17) is 10.5 Å². The highest BCUT2D eigenvalue weighted by atomic mass is 19.1. The molecule has 2 aromatic carbocycles. The van der Waals surface area contributed by atoms with Crippen LogP contribution in [0.4, 0.5) is 13.2 Å². The van der Waals surface area contributed by atoms with Crippen LogP contribution >= 0.6 is 0 Å². The molecular weight excluding hydrogens is 267 g/mol. The fourth-order valence-electron chi connectivity index (χ4n) is 2.07. The second-order valence-corrected chi connectivity index (χ2v) is 4.49. The molecule has 2 rings (SSSR count). The minimum absolute atomic E-state index is 0.0579. The van der Waals surface area contributed by atoms with E-state index in [1.165, 1.54) is 19.2 Å². The van der Waals surface area contributed by atoms with Gasteiger partial charge in [0.1, 0.15) is 23.2 Å². The van der Waals surface area contributed by atoms with Gasteiger partial charge in [-0.05, 0) is 30.2 Å². The predicted molar refractivity (Wildman–Crippen MR) is 70.9 cm³/mol. The van der Waals surface area contributed by atoms with Gasteiger partial charge in [0, 0.05) is 18.2 Å². The van der Waals surface area contributed by atoms with E-state index >= 15 is 0 Å². The number of halogens is 3. The minimum atomic E-state index is -0.825. The number of nitrogens with two attached hydrogens (primary N) is 1. The molecule has 0 aliphatic rings. The van der Waals surface area contributed by atoms with Crippen molar-refractivity contribution in [3.05, 3.63) is 53.3 Å². The van der Waals surface area contributed by atoms with Crippen molar-refractivity contribution in [2.45, 2.75) is 13.0 Å². The normalized spacial score (nSPS) is 12.3. The molecule has 1 atom stereocenters. The van der Waals surface area contributed by atoms with Crippen LogP contribution in [0.25, 0.3) is 11.1 Å². The van der Waals surface area contributed by atoms with Gasteiger partial charge in [0.05, 0.1) is 12.7 Å². The van der Waals surface area contributed by atoms with E-state index in [1.807, 2.05) is 0 Å². The van der Waals surface area contributed by atoms with Gasteiger partial charge in [-0.2, -0.15) is 0 Å².